The molecule has 1 saturated carbocycles. The number of likely N-dealkylation sites (N-methyl/N-ethyl adjacent to an activating group) is 1. The Balaban J connectivity index is 1.69. The Labute approximate surface area is 142 Å². The number of aromatic carboxylic acids is 1. The molecule has 24 heavy (non-hydrogen) atoms. The maximum absolute atomic E-state index is 12.9. The summed E-state index contributed by atoms with van der Waals surface area (Å²) in [5.74, 6) is -0.438. The zero-order chi connectivity index (χ0) is 17.1. The highest BCUT2D eigenvalue weighted by Crippen LogP contribution is 2.30. The lowest BCUT2D eigenvalue weighted by molar-refractivity contribution is -0.0331. The molecule has 1 amide bonds. The second-order valence-corrected chi connectivity index (χ2v) is 6.79. The molecule has 130 valence electrons. The molecular formula is C18H24N2O4. The summed E-state index contributed by atoms with van der Waals surface area (Å²) in [6.45, 7) is 3.78. The van der Waals surface area contributed by atoms with Crippen LogP contribution < -0.4 is 0 Å². The van der Waals surface area contributed by atoms with E-state index in [1.54, 1.807) is 12.1 Å². The zero-order valence-corrected chi connectivity index (χ0v) is 14.0. The Morgan fingerprint density at radius 1 is 1.21 bits per heavy atom. The molecule has 1 aliphatic heterocycles. The SMILES string of the molecule is CN1CCOC(CN(CC2CC2)C(=O)c2ccc(C(=O)O)cc2)C1. The van der Waals surface area contributed by atoms with Crippen molar-refractivity contribution in [3.63, 3.8) is 0 Å². The van der Waals surface area contributed by atoms with Crippen LogP contribution in [0.15, 0.2) is 24.3 Å². The number of rotatable bonds is 6. The summed E-state index contributed by atoms with van der Waals surface area (Å²) in [6.07, 6.45) is 2.38. The molecule has 1 aromatic rings. The first-order valence-corrected chi connectivity index (χ1v) is 8.45. The van der Waals surface area contributed by atoms with Gasteiger partial charge in [0.1, 0.15) is 0 Å². The fourth-order valence-corrected chi connectivity index (χ4v) is 3.01. The van der Waals surface area contributed by atoms with Crippen LogP contribution in [0.4, 0.5) is 0 Å². The highest BCUT2D eigenvalue weighted by atomic mass is 16.5. The highest BCUT2D eigenvalue weighted by molar-refractivity contribution is 5.96. The third-order valence-electron chi connectivity index (χ3n) is 4.61. The van der Waals surface area contributed by atoms with Gasteiger partial charge in [0.15, 0.2) is 0 Å². The number of ether oxygens (including phenoxy) is 1. The van der Waals surface area contributed by atoms with Gasteiger partial charge in [-0.15, -0.1) is 0 Å². The molecule has 1 N–H and O–H groups in total. The monoisotopic (exact) mass is 332 g/mol. The predicted molar refractivity (Wildman–Crippen MR) is 89.3 cm³/mol. The lowest BCUT2D eigenvalue weighted by atomic mass is 10.1. The van der Waals surface area contributed by atoms with Crippen molar-refractivity contribution >= 4 is 11.9 Å². The molecule has 1 unspecified atom stereocenters. The van der Waals surface area contributed by atoms with E-state index in [2.05, 4.69) is 11.9 Å². The molecule has 3 rings (SSSR count). The maximum Gasteiger partial charge on any atom is 0.335 e. The molecule has 1 atom stereocenters. The number of carbonyl (C=O) groups is 2. The van der Waals surface area contributed by atoms with E-state index in [1.165, 1.54) is 25.0 Å². The van der Waals surface area contributed by atoms with Crippen molar-refractivity contribution in [2.45, 2.75) is 18.9 Å². The normalized spacial score (nSPS) is 21.5. The van der Waals surface area contributed by atoms with E-state index in [1.807, 2.05) is 4.90 Å². The van der Waals surface area contributed by atoms with E-state index < -0.39 is 5.97 Å². The number of morpholine rings is 1. The number of hydrogen-bond acceptors (Lipinski definition) is 4. The van der Waals surface area contributed by atoms with Gasteiger partial charge in [-0.2, -0.15) is 0 Å². The molecule has 1 aromatic carbocycles. The van der Waals surface area contributed by atoms with E-state index in [-0.39, 0.29) is 17.6 Å². The van der Waals surface area contributed by atoms with Crippen LogP contribution in [0.2, 0.25) is 0 Å². The number of carboxylic acid groups (broad SMARTS) is 1. The Bertz CT molecular complexity index is 598. The molecule has 1 heterocycles. The van der Waals surface area contributed by atoms with E-state index in [0.717, 1.165) is 19.6 Å². The number of benzene rings is 1. The molecule has 2 fully saturated rings. The minimum Gasteiger partial charge on any atom is -0.478 e. The summed E-state index contributed by atoms with van der Waals surface area (Å²) < 4.78 is 5.80. The number of nitrogens with zero attached hydrogens (tertiary/aromatic N) is 2. The Hall–Kier alpha value is -1.92. The summed E-state index contributed by atoms with van der Waals surface area (Å²) in [5, 5.41) is 8.98. The van der Waals surface area contributed by atoms with Gasteiger partial charge in [0.2, 0.25) is 0 Å². The van der Waals surface area contributed by atoms with Gasteiger partial charge in [0.25, 0.3) is 5.91 Å². The van der Waals surface area contributed by atoms with Gasteiger partial charge in [-0.1, -0.05) is 0 Å². The molecule has 6 nitrogen and oxygen atoms in total. The Morgan fingerprint density at radius 2 is 1.88 bits per heavy atom. The molecule has 0 aromatic heterocycles. The molecular weight excluding hydrogens is 308 g/mol. The molecule has 0 bridgehead atoms. The van der Waals surface area contributed by atoms with E-state index in [0.29, 0.717) is 24.6 Å². The van der Waals surface area contributed by atoms with Crippen LogP contribution in [-0.2, 0) is 4.74 Å². The molecule has 6 heteroatoms. The predicted octanol–water partition coefficient (Wildman–Crippen LogP) is 1.57. The molecule has 1 saturated heterocycles. The molecule has 2 aliphatic rings. The second-order valence-electron chi connectivity index (χ2n) is 6.79. The van der Waals surface area contributed by atoms with Crippen molar-refractivity contribution in [2.75, 3.05) is 39.8 Å². The van der Waals surface area contributed by atoms with Gasteiger partial charge < -0.3 is 19.6 Å². The van der Waals surface area contributed by atoms with Crippen LogP contribution in [0.1, 0.15) is 33.6 Å². The van der Waals surface area contributed by atoms with E-state index >= 15 is 0 Å². The Morgan fingerprint density at radius 3 is 2.46 bits per heavy atom. The number of hydrogen-bond donors (Lipinski definition) is 1. The summed E-state index contributed by atoms with van der Waals surface area (Å²) in [4.78, 5) is 27.9. The van der Waals surface area contributed by atoms with Crippen LogP contribution in [0.25, 0.3) is 0 Å². The lowest BCUT2D eigenvalue weighted by Gasteiger charge is -2.34. The van der Waals surface area contributed by atoms with Gasteiger partial charge >= 0.3 is 5.97 Å². The summed E-state index contributed by atoms with van der Waals surface area (Å²) >= 11 is 0. The quantitative estimate of drug-likeness (QED) is 0.856. The minimum atomic E-state index is -0.984. The highest BCUT2D eigenvalue weighted by Gasteiger charge is 2.30. The summed E-state index contributed by atoms with van der Waals surface area (Å²) in [5.41, 5.74) is 0.724. The van der Waals surface area contributed by atoms with Gasteiger partial charge in [-0.3, -0.25) is 4.79 Å². The van der Waals surface area contributed by atoms with Crippen molar-refractivity contribution in [1.29, 1.82) is 0 Å². The number of carbonyl (C=O) groups excluding carboxylic acids is 1. The molecule has 1 aliphatic carbocycles. The van der Waals surface area contributed by atoms with Crippen LogP contribution >= 0.6 is 0 Å². The van der Waals surface area contributed by atoms with Gasteiger partial charge in [0.05, 0.1) is 18.3 Å². The average molecular weight is 332 g/mol. The standard InChI is InChI=1S/C18H24N2O4/c1-19-8-9-24-16(11-19)12-20(10-13-2-3-13)17(21)14-4-6-15(7-5-14)18(22)23/h4-7,13,16H,2-3,8-12H2,1H3,(H,22,23). The largest absolute Gasteiger partial charge is 0.478 e. The minimum absolute atomic E-state index is 0.0322. The number of carboxylic acids is 1. The van der Waals surface area contributed by atoms with Gasteiger partial charge in [-0.05, 0) is 50.1 Å². The smallest absolute Gasteiger partial charge is 0.335 e. The molecule has 0 spiro atoms. The third-order valence-corrected chi connectivity index (χ3v) is 4.61. The van der Waals surface area contributed by atoms with Crippen molar-refractivity contribution in [1.82, 2.24) is 9.80 Å². The van der Waals surface area contributed by atoms with Crippen molar-refractivity contribution < 1.29 is 19.4 Å². The first-order valence-electron chi connectivity index (χ1n) is 8.45. The average Bonchev–Trinajstić information content (AvgIpc) is 3.38. The van der Waals surface area contributed by atoms with Gasteiger partial charge in [0, 0.05) is 31.7 Å². The maximum atomic E-state index is 12.9. The zero-order valence-electron chi connectivity index (χ0n) is 14.0. The summed E-state index contributed by atoms with van der Waals surface area (Å²) in [6, 6.07) is 6.16. The van der Waals surface area contributed by atoms with Crippen molar-refractivity contribution in [3.8, 4) is 0 Å². The second kappa shape index (κ2) is 7.32. The van der Waals surface area contributed by atoms with Crippen molar-refractivity contribution in [2.24, 2.45) is 5.92 Å². The summed E-state index contributed by atoms with van der Waals surface area (Å²) in [7, 11) is 2.06. The van der Waals surface area contributed by atoms with Crippen LogP contribution in [-0.4, -0.2) is 72.7 Å². The first-order chi connectivity index (χ1) is 11.5. The first kappa shape index (κ1) is 16.9. The van der Waals surface area contributed by atoms with Crippen LogP contribution in [0.3, 0.4) is 0 Å². The van der Waals surface area contributed by atoms with Crippen LogP contribution in [0.5, 0.6) is 0 Å². The Kier molecular flexibility index (Phi) is 5.16. The fourth-order valence-electron chi connectivity index (χ4n) is 3.01. The van der Waals surface area contributed by atoms with E-state index in [9.17, 15) is 9.59 Å². The van der Waals surface area contributed by atoms with Crippen LogP contribution in [0, 0.1) is 5.92 Å². The number of amides is 1. The van der Waals surface area contributed by atoms with E-state index in [4.69, 9.17) is 9.84 Å². The lowest BCUT2D eigenvalue weighted by Crippen LogP contribution is -2.48. The van der Waals surface area contributed by atoms with Gasteiger partial charge in [-0.25, -0.2) is 4.79 Å². The third kappa shape index (κ3) is 4.33. The van der Waals surface area contributed by atoms with Crippen molar-refractivity contribution in [3.05, 3.63) is 35.4 Å². The fraction of sp³-hybridized carbons (Fsp3) is 0.556. The topological polar surface area (TPSA) is 70.1 Å². The molecule has 0 radical (unpaired) electrons.